The standard InChI is InChI=1S/C19H28N2O4/c1-13(21-19(22)20-12-14-8-6-5-7-9-14)15-10-16(23-2)18(25-4)17(11-15)24-3/h5-6,10-11,13-14H,7-9,12H2,1-4H3,(H2,20,21,22)/t13-,14-/m1/s1. The minimum Gasteiger partial charge on any atom is -0.493 e. The van der Waals surface area contributed by atoms with Crippen molar-refractivity contribution in [2.45, 2.75) is 32.2 Å². The summed E-state index contributed by atoms with van der Waals surface area (Å²) in [5.41, 5.74) is 0.880. The van der Waals surface area contributed by atoms with Gasteiger partial charge in [-0.05, 0) is 49.8 Å². The van der Waals surface area contributed by atoms with Crippen LogP contribution >= 0.6 is 0 Å². The molecule has 1 aliphatic rings. The van der Waals surface area contributed by atoms with Crippen LogP contribution < -0.4 is 24.8 Å². The van der Waals surface area contributed by atoms with Crippen molar-refractivity contribution in [1.82, 2.24) is 10.6 Å². The summed E-state index contributed by atoms with van der Waals surface area (Å²) < 4.78 is 16.0. The van der Waals surface area contributed by atoms with Crippen molar-refractivity contribution >= 4 is 6.03 Å². The molecule has 0 radical (unpaired) electrons. The zero-order valence-corrected chi connectivity index (χ0v) is 15.4. The van der Waals surface area contributed by atoms with Gasteiger partial charge in [0.05, 0.1) is 27.4 Å². The van der Waals surface area contributed by atoms with Gasteiger partial charge < -0.3 is 24.8 Å². The molecule has 0 unspecified atom stereocenters. The molecule has 0 aromatic heterocycles. The maximum absolute atomic E-state index is 12.2. The zero-order chi connectivity index (χ0) is 18.2. The molecule has 6 heteroatoms. The number of nitrogens with one attached hydrogen (secondary N) is 2. The van der Waals surface area contributed by atoms with E-state index >= 15 is 0 Å². The Morgan fingerprint density at radius 3 is 2.36 bits per heavy atom. The van der Waals surface area contributed by atoms with E-state index in [9.17, 15) is 4.79 Å². The van der Waals surface area contributed by atoms with Gasteiger partial charge in [-0.25, -0.2) is 4.79 Å². The highest BCUT2D eigenvalue weighted by atomic mass is 16.5. The Balaban J connectivity index is 1.98. The number of hydrogen-bond donors (Lipinski definition) is 2. The molecule has 0 fully saturated rings. The number of methoxy groups -OCH3 is 3. The summed E-state index contributed by atoms with van der Waals surface area (Å²) in [4.78, 5) is 12.2. The van der Waals surface area contributed by atoms with Gasteiger partial charge in [0.1, 0.15) is 0 Å². The average molecular weight is 348 g/mol. The van der Waals surface area contributed by atoms with Crippen molar-refractivity contribution in [3.8, 4) is 17.2 Å². The van der Waals surface area contributed by atoms with Crippen LogP contribution in [-0.2, 0) is 0 Å². The fraction of sp³-hybridized carbons (Fsp3) is 0.526. The van der Waals surface area contributed by atoms with Gasteiger partial charge in [0, 0.05) is 6.54 Å². The lowest BCUT2D eigenvalue weighted by Gasteiger charge is -2.21. The number of rotatable bonds is 7. The zero-order valence-electron chi connectivity index (χ0n) is 15.4. The van der Waals surface area contributed by atoms with Crippen molar-refractivity contribution < 1.29 is 19.0 Å². The van der Waals surface area contributed by atoms with E-state index in [-0.39, 0.29) is 12.1 Å². The summed E-state index contributed by atoms with van der Waals surface area (Å²) in [6, 6.07) is 3.33. The third kappa shape index (κ3) is 5.05. The van der Waals surface area contributed by atoms with Crippen LogP contribution in [0.3, 0.4) is 0 Å². The van der Waals surface area contributed by atoms with Gasteiger partial charge in [-0.3, -0.25) is 0 Å². The minimum atomic E-state index is -0.194. The van der Waals surface area contributed by atoms with Crippen LogP contribution in [0.15, 0.2) is 24.3 Å². The van der Waals surface area contributed by atoms with E-state index in [4.69, 9.17) is 14.2 Å². The Hall–Kier alpha value is -2.37. The van der Waals surface area contributed by atoms with Crippen molar-refractivity contribution in [3.05, 3.63) is 29.8 Å². The predicted molar refractivity (Wildman–Crippen MR) is 97.5 cm³/mol. The van der Waals surface area contributed by atoms with Gasteiger partial charge in [0.2, 0.25) is 5.75 Å². The number of amides is 2. The highest BCUT2D eigenvalue weighted by Gasteiger charge is 2.18. The monoisotopic (exact) mass is 348 g/mol. The molecule has 2 N–H and O–H groups in total. The molecule has 138 valence electrons. The molecule has 0 spiro atoms. The Morgan fingerprint density at radius 2 is 1.84 bits per heavy atom. The quantitative estimate of drug-likeness (QED) is 0.741. The topological polar surface area (TPSA) is 68.8 Å². The Bertz CT molecular complexity index is 590. The Labute approximate surface area is 149 Å². The Kier molecular flexibility index (Phi) is 6.98. The average Bonchev–Trinajstić information content (AvgIpc) is 2.65. The largest absolute Gasteiger partial charge is 0.493 e. The maximum atomic E-state index is 12.2. The molecule has 2 atom stereocenters. The summed E-state index contributed by atoms with van der Waals surface area (Å²) >= 11 is 0. The van der Waals surface area contributed by atoms with Crippen LogP contribution in [0.2, 0.25) is 0 Å². The normalized spacial score (nSPS) is 17.5. The second-order valence-electron chi connectivity index (χ2n) is 6.19. The fourth-order valence-electron chi connectivity index (χ4n) is 2.96. The highest BCUT2D eigenvalue weighted by molar-refractivity contribution is 5.74. The van der Waals surface area contributed by atoms with Crippen LogP contribution in [0.25, 0.3) is 0 Å². The first kappa shape index (κ1) is 19.0. The highest BCUT2D eigenvalue weighted by Crippen LogP contribution is 2.39. The summed E-state index contributed by atoms with van der Waals surface area (Å²) in [6.45, 7) is 2.61. The SMILES string of the molecule is COc1cc([C@@H](C)NC(=O)NC[C@@H]2CC=CCC2)cc(OC)c1OC. The number of urea groups is 1. The number of carbonyl (C=O) groups excluding carboxylic acids is 1. The van der Waals surface area contributed by atoms with Gasteiger partial charge in [-0.15, -0.1) is 0 Å². The van der Waals surface area contributed by atoms with Gasteiger partial charge in [-0.1, -0.05) is 12.2 Å². The van der Waals surface area contributed by atoms with E-state index in [1.54, 1.807) is 21.3 Å². The molecule has 2 rings (SSSR count). The van der Waals surface area contributed by atoms with Gasteiger partial charge in [0.15, 0.2) is 11.5 Å². The third-order valence-electron chi connectivity index (χ3n) is 4.46. The number of carbonyl (C=O) groups is 1. The second-order valence-corrected chi connectivity index (χ2v) is 6.19. The molecule has 0 saturated heterocycles. The van der Waals surface area contributed by atoms with Crippen LogP contribution in [-0.4, -0.2) is 33.9 Å². The number of allylic oxidation sites excluding steroid dienone is 2. The van der Waals surface area contributed by atoms with Gasteiger partial charge >= 0.3 is 6.03 Å². The lowest BCUT2D eigenvalue weighted by Crippen LogP contribution is -2.39. The van der Waals surface area contributed by atoms with Crippen LogP contribution in [0.1, 0.15) is 37.8 Å². The second kappa shape index (κ2) is 9.20. The first-order valence-corrected chi connectivity index (χ1v) is 8.58. The summed E-state index contributed by atoms with van der Waals surface area (Å²) in [5.74, 6) is 2.20. The van der Waals surface area contributed by atoms with E-state index < -0.39 is 0 Å². The molecule has 0 aliphatic heterocycles. The predicted octanol–water partition coefficient (Wildman–Crippen LogP) is 3.43. The van der Waals surface area contributed by atoms with Crippen LogP contribution in [0.4, 0.5) is 4.79 Å². The molecule has 0 heterocycles. The third-order valence-corrected chi connectivity index (χ3v) is 4.46. The van der Waals surface area contributed by atoms with E-state index in [1.165, 1.54) is 0 Å². The van der Waals surface area contributed by atoms with Crippen molar-refractivity contribution in [3.63, 3.8) is 0 Å². The molecule has 1 aromatic rings. The molecule has 0 bridgehead atoms. The van der Waals surface area contributed by atoms with E-state index in [1.807, 2.05) is 19.1 Å². The number of ether oxygens (including phenoxy) is 3. The summed E-state index contributed by atoms with van der Waals surface area (Å²) in [6.07, 6.45) is 7.63. The van der Waals surface area contributed by atoms with Crippen LogP contribution in [0, 0.1) is 5.92 Å². The van der Waals surface area contributed by atoms with Crippen molar-refractivity contribution in [1.29, 1.82) is 0 Å². The molecule has 6 nitrogen and oxygen atoms in total. The number of benzene rings is 1. The Morgan fingerprint density at radius 1 is 1.16 bits per heavy atom. The van der Waals surface area contributed by atoms with Crippen molar-refractivity contribution in [2.75, 3.05) is 27.9 Å². The minimum absolute atomic E-state index is 0.171. The molecular weight excluding hydrogens is 320 g/mol. The summed E-state index contributed by atoms with van der Waals surface area (Å²) in [7, 11) is 4.71. The first-order valence-electron chi connectivity index (χ1n) is 8.58. The van der Waals surface area contributed by atoms with E-state index in [0.717, 1.165) is 24.8 Å². The van der Waals surface area contributed by atoms with Gasteiger partial charge in [0.25, 0.3) is 0 Å². The molecule has 0 saturated carbocycles. The van der Waals surface area contributed by atoms with Crippen molar-refractivity contribution in [2.24, 2.45) is 5.92 Å². The smallest absolute Gasteiger partial charge is 0.315 e. The van der Waals surface area contributed by atoms with E-state index in [2.05, 4.69) is 22.8 Å². The van der Waals surface area contributed by atoms with Crippen LogP contribution in [0.5, 0.6) is 17.2 Å². The molecular formula is C19H28N2O4. The molecule has 1 aromatic carbocycles. The van der Waals surface area contributed by atoms with E-state index in [0.29, 0.717) is 29.7 Å². The summed E-state index contributed by atoms with van der Waals surface area (Å²) in [5, 5.41) is 5.92. The van der Waals surface area contributed by atoms with Gasteiger partial charge in [-0.2, -0.15) is 0 Å². The maximum Gasteiger partial charge on any atom is 0.315 e. The molecule has 1 aliphatic carbocycles. The lowest BCUT2D eigenvalue weighted by atomic mass is 9.94. The molecule has 25 heavy (non-hydrogen) atoms. The molecule has 2 amide bonds. The fourth-order valence-corrected chi connectivity index (χ4v) is 2.96. The number of hydrogen-bond acceptors (Lipinski definition) is 4. The first-order chi connectivity index (χ1) is 12.1. The lowest BCUT2D eigenvalue weighted by molar-refractivity contribution is 0.235.